The summed E-state index contributed by atoms with van der Waals surface area (Å²) < 4.78 is 30.2. The number of piperidine rings is 1. The molecule has 0 spiro atoms. The number of nitrogen functional groups attached to an aromatic ring is 1. The summed E-state index contributed by atoms with van der Waals surface area (Å²) >= 11 is 0. The normalized spacial score (nSPS) is 17.2. The smallest absolute Gasteiger partial charge is 0.243 e. The third-order valence-corrected chi connectivity index (χ3v) is 6.73. The van der Waals surface area contributed by atoms with Crippen molar-refractivity contribution in [1.29, 1.82) is 0 Å². The van der Waals surface area contributed by atoms with Crippen molar-refractivity contribution >= 4 is 15.7 Å². The number of nitrogens with two attached hydrogens (primary N) is 1. The number of rotatable bonds is 5. The SMILES string of the molecule is CN1CCC(N(Cc2ccn(C)c2)S(=O)(=O)c2ccc(N)cc2)CC1. The van der Waals surface area contributed by atoms with E-state index in [4.69, 9.17) is 5.73 Å². The van der Waals surface area contributed by atoms with E-state index in [2.05, 4.69) is 11.9 Å². The molecule has 2 N–H and O–H groups in total. The second-order valence-corrected chi connectivity index (χ2v) is 8.73. The Morgan fingerprint density at radius 1 is 1.12 bits per heavy atom. The highest BCUT2D eigenvalue weighted by molar-refractivity contribution is 7.89. The van der Waals surface area contributed by atoms with Gasteiger partial charge in [-0.05, 0) is 68.9 Å². The molecule has 1 aromatic carbocycles. The van der Waals surface area contributed by atoms with Crippen LogP contribution >= 0.6 is 0 Å². The molecule has 1 aliphatic rings. The van der Waals surface area contributed by atoms with Crippen LogP contribution in [0.25, 0.3) is 0 Å². The van der Waals surface area contributed by atoms with E-state index in [9.17, 15) is 8.42 Å². The maximum atomic E-state index is 13.3. The van der Waals surface area contributed by atoms with Crippen LogP contribution in [0.5, 0.6) is 0 Å². The van der Waals surface area contributed by atoms with Crippen molar-refractivity contribution in [3.63, 3.8) is 0 Å². The first-order valence-corrected chi connectivity index (χ1v) is 9.97. The standard InChI is InChI=1S/C18H26N4O2S/c1-20-11-8-17(9-12-20)22(14-15-7-10-21(2)13-15)25(23,24)18-5-3-16(19)4-6-18/h3-7,10,13,17H,8-9,11-12,14,19H2,1-2H3. The lowest BCUT2D eigenvalue weighted by atomic mass is 10.1. The highest BCUT2D eigenvalue weighted by Crippen LogP contribution is 2.26. The molecule has 1 saturated heterocycles. The van der Waals surface area contributed by atoms with Crippen molar-refractivity contribution in [3.8, 4) is 0 Å². The van der Waals surface area contributed by atoms with Gasteiger partial charge in [0.25, 0.3) is 0 Å². The first-order chi connectivity index (χ1) is 11.9. The van der Waals surface area contributed by atoms with Crippen LogP contribution < -0.4 is 5.73 Å². The molecule has 0 amide bonds. The Hall–Kier alpha value is -1.83. The number of sulfonamides is 1. The summed E-state index contributed by atoms with van der Waals surface area (Å²) in [7, 11) is 0.444. The zero-order valence-electron chi connectivity index (χ0n) is 14.8. The Labute approximate surface area is 149 Å². The van der Waals surface area contributed by atoms with Crippen molar-refractivity contribution in [2.24, 2.45) is 7.05 Å². The van der Waals surface area contributed by atoms with Gasteiger partial charge in [0.2, 0.25) is 10.0 Å². The third kappa shape index (κ3) is 4.05. The van der Waals surface area contributed by atoms with Gasteiger partial charge in [0.15, 0.2) is 0 Å². The molecular formula is C18H26N4O2S. The van der Waals surface area contributed by atoms with Crippen LogP contribution in [0.3, 0.4) is 0 Å². The van der Waals surface area contributed by atoms with E-state index in [1.807, 2.05) is 30.1 Å². The number of hydrogen-bond acceptors (Lipinski definition) is 4. The van der Waals surface area contributed by atoms with Gasteiger partial charge in [-0.1, -0.05) is 0 Å². The van der Waals surface area contributed by atoms with Crippen molar-refractivity contribution in [2.45, 2.75) is 30.3 Å². The number of aromatic nitrogens is 1. The van der Waals surface area contributed by atoms with Crippen LogP contribution in [0.4, 0.5) is 5.69 Å². The van der Waals surface area contributed by atoms with E-state index in [1.54, 1.807) is 28.6 Å². The predicted molar refractivity (Wildman–Crippen MR) is 99.5 cm³/mol. The molecule has 136 valence electrons. The van der Waals surface area contributed by atoms with E-state index >= 15 is 0 Å². The molecule has 25 heavy (non-hydrogen) atoms. The summed E-state index contributed by atoms with van der Waals surface area (Å²) in [4.78, 5) is 2.55. The molecule has 7 heteroatoms. The fourth-order valence-corrected chi connectivity index (χ4v) is 4.98. The van der Waals surface area contributed by atoms with Crippen molar-refractivity contribution in [1.82, 2.24) is 13.8 Å². The van der Waals surface area contributed by atoms with Crippen LogP contribution in [0.2, 0.25) is 0 Å². The molecule has 0 aliphatic carbocycles. The molecule has 6 nitrogen and oxygen atoms in total. The lowest BCUT2D eigenvalue weighted by Crippen LogP contribution is -2.46. The minimum absolute atomic E-state index is 0.0129. The Morgan fingerprint density at radius 3 is 2.32 bits per heavy atom. The Balaban J connectivity index is 1.92. The number of likely N-dealkylation sites (tertiary alicyclic amines) is 1. The van der Waals surface area contributed by atoms with Gasteiger partial charge in [-0.15, -0.1) is 0 Å². The fourth-order valence-electron chi connectivity index (χ4n) is 3.30. The number of hydrogen-bond donors (Lipinski definition) is 1. The van der Waals surface area contributed by atoms with E-state index < -0.39 is 10.0 Å². The molecule has 2 heterocycles. The highest BCUT2D eigenvalue weighted by Gasteiger charge is 2.33. The minimum atomic E-state index is -3.57. The summed E-state index contributed by atoms with van der Waals surface area (Å²) in [5.74, 6) is 0. The molecule has 0 atom stereocenters. The topological polar surface area (TPSA) is 71.6 Å². The van der Waals surface area contributed by atoms with E-state index in [1.165, 1.54) is 0 Å². The third-order valence-electron chi connectivity index (χ3n) is 4.81. The maximum absolute atomic E-state index is 13.3. The molecule has 0 radical (unpaired) electrons. The number of nitrogens with zero attached hydrogens (tertiary/aromatic N) is 3. The van der Waals surface area contributed by atoms with E-state index in [0.717, 1.165) is 31.5 Å². The summed E-state index contributed by atoms with van der Waals surface area (Å²) in [5, 5.41) is 0. The molecule has 0 saturated carbocycles. The lowest BCUT2D eigenvalue weighted by molar-refractivity contribution is 0.179. The Kier molecular flexibility index (Phi) is 5.17. The van der Waals surface area contributed by atoms with Gasteiger partial charge in [0, 0.05) is 37.7 Å². The second kappa shape index (κ2) is 7.19. The molecule has 0 bridgehead atoms. The van der Waals surface area contributed by atoms with E-state index in [0.29, 0.717) is 17.1 Å². The zero-order chi connectivity index (χ0) is 18.0. The van der Waals surface area contributed by atoms with Crippen LogP contribution in [-0.4, -0.2) is 48.4 Å². The van der Waals surface area contributed by atoms with Crippen LogP contribution in [0, 0.1) is 0 Å². The Bertz CT molecular complexity index is 806. The molecule has 1 fully saturated rings. The highest BCUT2D eigenvalue weighted by atomic mass is 32.2. The monoisotopic (exact) mass is 362 g/mol. The number of benzene rings is 1. The maximum Gasteiger partial charge on any atom is 0.243 e. The average Bonchev–Trinajstić information content (AvgIpc) is 2.99. The first-order valence-electron chi connectivity index (χ1n) is 8.53. The van der Waals surface area contributed by atoms with E-state index in [-0.39, 0.29) is 6.04 Å². The summed E-state index contributed by atoms with van der Waals surface area (Å²) in [6.07, 6.45) is 5.60. The average molecular weight is 362 g/mol. The Morgan fingerprint density at radius 2 is 1.76 bits per heavy atom. The molecule has 0 unspecified atom stereocenters. The molecule has 1 aliphatic heterocycles. The second-order valence-electron chi connectivity index (χ2n) is 6.84. The summed E-state index contributed by atoms with van der Waals surface area (Å²) in [6.45, 7) is 2.21. The largest absolute Gasteiger partial charge is 0.399 e. The predicted octanol–water partition coefficient (Wildman–Crippen LogP) is 1.89. The zero-order valence-corrected chi connectivity index (χ0v) is 15.6. The molecular weight excluding hydrogens is 336 g/mol. The lowest BCUT2D eigenvalue weighted by Gasteiger charge is -2.36. The quantitative estimate of drug-likeness (QED) is 0.825. The fraction of sp³-hybridized carbons (Fsp3) is 0.444. The van der Waals surface area contributed by atoms with Gasteiger partial charge in [0.1, 0.15) is 0 Å². The van der Waals surface area contributed by atoms with Crippen molar-refractivity contribution < 1.29 is 8.42 Å². The molecule has 3 rings (SSSR count). The first kappa shape index (κ1) is 18.0. The number of anilines is 1. The van der Waals surface area contributed by atoms with Crippen LogP contribution in [-0.2, 0) is 23.6 Å². The van der Waals surface area contributed by atoms with Gasteiger partial charge >= 0.3 is 0 Å². The van der Waals surface area contributed by atoms with Crippen LogP contribution in [0.1, 0.15) is 18.4 Å². The van der Waals surface area contributed by atoms with Gasteiger partial charge in [-0.25, -0.2) is 8.42 Å². The van der Waals surface area contributed by atoms with Gasteiger partial charge in [-0.2, -0.15) is 4.31 Å². The van der Waals surface area contributed by atoms with Gasteiger partial charge in [-0.3, -0.25) is 0 Å². The summed E-state index contributed by atoms with van der Waals surface area (Å²) in [5.41, 5.74) is 7.28. The van der Waals surface area contributed by atoms with Crippen molar-refractivity contribution in [2.75, 3.05) is 25.9 Å². The minimum Gasteiger partial charge on any atom is -0.399 e. The molecule has 1 aromatic heterocycles. The molecule has 2 aromatic rings. The summed E-state index contributed by atoms with van der Waals surface area (Å²) in [6, 6.07) is 8.46. The van der Waals surface area contributed by atoms with Crippen molar-refractivity contribution in [3.05, 3.63) is 48.3 Å². The van der Waals surface area contributed by atoms with Gasteiger partial charge in [0.05, 0.1) is 4.90 Å². The van der Waals surface area contributed by atoms with Crippen LogP contribution in [0.15, 0.2) is 47.6 Å². The van der Waals surface area contributed by atoms with Gasteiger partial charge < -0.3 is 15.2 Å². The number of aryl methyl sites for hydroxylation is 1.